The predicted octanol–water partition coefficient (Wildman–Crippen LogP) is 5.48. The van der Waals surface area contributed by atoms with Crippen LogP contribution in [-0.2, 0) is 0 Å². The second-order valence-corrected chi connectivity index (χ2v) is 6.41. The maximum atomic E-state index is 13.0. The van der Waals surface area contributed by atoms with Gasteiger partial charge in [-0.05, 0) is 53.6 Å². The van der Waals surface area contributed by atoms with Crippen LogP contribution in [0.1, 0.15) is 25.7 Å². The summed E-state index contributed by atoms with van der Waals surface area (Å²) in [5, 5.41) is 3.64. The summed E-state index contributed by atoms with van der Waals surface area (Å²) in [5.74, 6) is -1.26. The van der Waals surface area contributed by atoms with Gasteiger partial charge in [-0.1, -0.05) is 24.4 Å². The zero-order valence-electron chi connectivity index (χ0n) is 10.1. The summed E-state index contributed by atoms with van der Waals surface area (Å²) in [6, 6.07) is 4.64. The lowest BCUT2D eigenvalue weighted by Gasteiger charge is -2.34. The fourth-order valence-electron chi connectivity index (χ4n) is 2.50. The van der Waals surface area contributed by atoms with Gasteiger partial charge in [-0.2, -0.15) is 13.2 Å². The molecule has 1 aliphatic carbocycles. The van der Waals surface area contributed by atoms with Crippen molar-refractivity contribution in [1.29, 1.82) is 0 Å². The van der Waals surface area contributed by atoms with Crippen LogP contribution in [0, 0.1) is 9.49 Å². The minimum absolute atomic E-state index is 0.214. The molecule has 0 saturated heterocycles. The van der Waals surface area contributed by atoms with Gasteiger partial charge in [-0.3, -0.25) is 0 Å². The Labute approximate surface area is 129 Å². The molecule has 0 spiro atoms. The van der Waals surface area contributed by atoms with E-state index in [9.17, 15) is 13.2 Å². The Balaban J connectivity index is 2.15. The highest BCUT2D eigenvalue weighted by atomic mass is 127. The van der Waals surface area contributed by atoms with Crippen LogP contribution in [0.25, 0.3) is 0 Å². The largest absolute Gasteiger partial charge is 0.393 e. The van der Waals surface area contributed by atoms with Gasteiger partial charge in [0.15, 0.2) is 0 Å². The Bertz CT molecular complexity index is 450. The third-order valence-electron chi connectivity index (χ3n) is 3.46. The summed E-state index contributed by atoms with van der Waals surface area (Å²) >= 11 is 7.93. The molecular weight excluding hydrogens is 390 g/mol. The number of hydrogen-bond acceptors (Lipinski definition) is 1. The quantitative estimate of drug-likeness (QED) is 0.645. The highest BCUT2D eigenvalue weighted by Gasteiger charge is 2.45. The second-order valence-electron chi connectivity index (χ2n) is 4.81. The fourth-order valence-corrected chi connectivity index (χ4v) is 3.53. The third kappa shape index (κ3) is 3.90. The van der Waals surface area contributed by atoms with Gasteiger partial charge in [0.25, 0.3) is 0 Å². The fraction of sp³-hybridized carbons (Fsp3) is 0.538. The van der Waals surface area contributed by atoms with Gasteiger partial charge in [0.1, 0.15) is 0 Å². The zero-order chi connectivity index (χ0) is 14.0. The number of nitrogens with one attached hydrogen (secondary N) is 1. The van der Waals surface area contributed by atoms with Crippen LogP contribution in [-0.4, -0.2) is 12.2 Å². The molecule has 0 amide bonds. The highest BCUT2D eigenvalue weighted by molar-refractivity contribution is 14.1. The Morgan fingerprint density at radius 1 is 1.21 bits per heavy atom. The van der Waals surface area contributed by atoms with Crippen molar-refractivity contribution in [2.24, 2.45) is 5.92 Å². The third-order valence-corrected chi connectivity index (χ3v) is 4.59. The predicted molar refractivity (Wildman–Crippen MR) is 79.6 cm³/mol. The van der Waals surface area contributed by atoms with E-state index in [-0.39, 0.29) is 6.42 Å². The van der Waals surface area contributed by atoms with Gasteiger partial charge in [-0.15, -0.1) is 0 Å². The normalized spacial score (nSPS) is 24.3. The summed E-state index contributed by atoms with van der Waals surface area (Å²) in [6.07, 6.45) is -1.86. The van der Waals surface area contributed by atoms with Crippen LogP contribution in [0.2, 0.25) is 5.02 Å². The maximum Gasteiger partial charge on any atom is 0.393 e. The lowest BCUT2D eigenvalue weighted by molar-refractivity contribution is -0.184. The molecule has 106 valence electrons. The van der Waals surface area contributed by atoms with E-state index in [0.29, 0.717) is 17.9 Å². The summed E-state index contributed by atoms with van der Waals surface area (Å²) in [6.45, 7) is 0. The smallest absolute Gasteiger partial charge is 0.381 e. The van der Waals surface area contributed by atoms with Crippen LogP contribution >= 0.6 is 34.2 Å². The number of alkyl halides is 3. The maximum absolute atomic E-state index is 13.0. The van der Waals surface area contributed by atoms with Gasteiger partial charge >= 0.3 is 6.18 Å². The van der Waals surface area contributed by atoms with E-state index in [4.69, 9.17) is 11.6 Å². The average molecular weight is 404 g/mol. The van der Waals surface area contributed by atoms with Crippen molar-refractivity contribution in [1.82, 2.24) is 0 Å². The summed E-state index contributed by atoms with van der Waals surface area (Å²) in [5.41, 5.74) is 0.728. The van der Waals surface area contributed by atoms with Crippen molar-refractivity contribution in [2.75, 3.05) is 5.32 Å². The Morgan fingerprint density at radius 2 is 1.89 bits per heavy atom. The molecule has 0 heterocycles. The minimum Gasteiger partial charge on any atom is -0.381 e. The van der Waals surface area contributed by atoms with Crippen molar-refractivity contribution in [3.63, 3.8) is 0 Å². The van der Waals surface area contributed by atoms with Crippen molar-refractivity contribution in [3.8, 4) is 0 Å². The molecule has 2 rings (SSSR count). The molecule has 0 aliphatic heterocycles. The van der Waals surface area contributed by atoms with Gasteiger partial charge in [0, 0.05) is 20.3 Å². The highest BCUT2D eigenvalue weighted by Crippen LogP contribution is 2.39. The molecule has 6 heteroatoms. The van der Waals surface area contributed by atoms with Crippen LogP contribution < -0.4 is 5.32 Å². The topological polar surface area (TPSA) is 12.0 Å². The standard InChI is InChI=1S/C13H14ClF3IN/c14-8-5-6-12(10(18)7-8)19-11-4-2-1-3-9(11)13(15,16)17/h5-7,9,11,19H,1-4H2. The van der Waals surface area contributed by atoms with E-state index in [0.717, 1.165) is 15.7 Å². The number of benzene rings is 1. The first-order valence-electron chi connectivity index (χ1n) is 6.16. The number of halogens is 5. The van der Waals surface area contributed by atoms with Gasteiger partial charge < -0.3 is 5.32 Å². The van der Waals surface area contributed by atoms with Gasteiger partial charge in [0.05, 0.1) is 5.92 Å². The van der Waals surface area contributed by atoms with E-state index < -0.39 is 18.1 Å². The number of hydrogen-bond donors (Lipinski definition) is 1. The summed E-state index contributed by atoms with van der Waals surface area (Å²) in [7, 11) is 0. The molecular formula is C13H14ClF3IN. The van der Waals surface area contributed by atoms with Crippen molar-refractivity contribution >= 4 is 39.9 Å². The van der Waals surface area contributed by atoms with Crippen molar-refractivity contribution in [2.45, 2.75) is 37.9 Å². The molecule has 0 bridgehead atoms. The molecule has 1 saturated carbocycles. The number of rotatable bonds is 2. The van der Waals surface area contributed by atoms with E-state index in [2.05, 4.69) is 27.9 Å². The van der Waals surface area contributed by atoms with E-state index in [1.54, 1.807) is 18.2 Å². The zero-order valence-corrected chi connectivity index (χ0v) is 13.0. The molecule has 2 atom stereocenters. The Kier molecular flexibility index (Phi) is 4.87. The first-order chi connectivity index (χ1) is 8.88. The first kappa shape index (κ1) is 15.2. The van der Waals surface area contributed by atoms with E-state index >= 15 is 0 Å². The molecule has 1 N–H and O–H groups in total. The Morgan fingerprint density at radius 3 is 2.53 bits per heavy atom. The lowest BCUT2D eigenvalue weighted by atomic mass is 9.84. The van der Waals surface area contributed by atoms with Crippen LogP contribution in [0.5, 0.6) is 0 Å². The molecule has 1 aliphatic rings. The molecule has 1 nitrogen and oxygen atoms in total. The average Bonchev–Trinajstić information content (AvgIpc) is 2.32. The van der Waals surface area contributed by atoms with Crippen LogP contribution in [0.3, 0.4) is 0 Å². The molecule has 0 radical (unpaired) electrons. The molecule has 1 fully saturated rings. The first-order valence-corrected chi connectivity index (χ1v) is 7.62. The molecule has 1 aromatic rings. The summed E-state index contributed by atoms with van der Waals surface area (Å²) in [4.78, 5) is 0. The van der Waals surface area contributed by atoms with Crippen LogP contribution in [0.4, 0.5) is 18.9 Å². The van der Waals surface area contributed by atoms with Gasteiger partial charge in [0.2, 0.25) is 0 Å². The molecule has 2 unspecified atom stereocenters. The summed E-state index contributed by atoms with van der Waals surface area (Å²) < 4.78 is 39.8. The number of anilines is 1. The second kappa shape index (κ2) is 6.08. The van der Waals surface area contributed by atoms with E-state index in [1.807, 2.05) is 0 Å². The monoisotopic (exact) mass is 403 g/mol. The molecule has 1 aromatic carbocycles. The lowest BCUT2D eigenvalue weighted by Crippen LogP contribution is -2.41. The van der Waals surface area contributed by atoms with Crippen molar-refractivity contribution < 1.29 is 13.2 Å². The van der Waals surface area contributed by atoms with Crippen molar-refractivity contribution in [3.05, 3.63) is 26.8 Å². The minimum atomic E-state index is -4.13. The molecule has 19 heavy (non-hydrogen) atoms. The van der Waals surface area contributed by atoms with Crippen LogP contribution in [0.15, 0.2) is 18.2 Å². The molecule has 0 aromatic heterocycles. The Hall–Kier alpha value is -0.170. The SMILES string of the molecule is FC(F)(F)C1CCCCC1Nc1ccc(Cl)cc1I. The van der Waals surface area contributed by atoms with Gasteiger partial charge in [-0.25, -0.2) is 0 Å². The van der Waals surface area contributed by atoms with E-state index in [1.165, 1.54) is 0 Å².